The molecule has 1 aromatic rings. The fraction of sp³-hybridized carbons (Fsp3) is 0.444. The molecule has 2 aliphatic rings. The Morgan fingerprint density at radius 1 is 1.21 bits per heavy atom. The van der Waals surface area contributed by atoms with Crippen molar-refractivity contribution >= 4 is 23.7 Å². The van der Waals surface area contributed by atoms with E-state index in [1.807, 2.05) is 13.0 Å². The fourth-order valence-corrected chi connectivity index (χ4v) is 3.14. The number of piperidine rings is 1. The van der Waals surface area contributed by atoms with Gasteiger partial charge in [-0.25, -0.2) is 9.18 Å². The zero-order chi connectivity index (χ0) is 17.1. The molecule has 0 bridgehead atoms. The summed E-state index contributed by atoms with van der Waals surface area (Å²) in [5, 5.41) is 2.51. The standard InChI is InChI=1S/C18H22FN3O2/c1-2-8-22-17(23)16(20-18(22)24)11-13-6-7-14(12-15(13)19)21-9-4-3-5-10-21/h6-7,11-12H,2-5,8-10H2,1H3,(H,20,24)/b16-11+. The first-order valence-corrected chi connectivity index (χ1v) is 8.49. The van der Waals surface area contributed by atoms with E-state index in [1.54, 1.807) is 6.07 Å². The third-order valence-corrected chi connectivity index (χ3v) is 4.41. The maximum absolute atomic E-state index is 14.4. The van der Waals surface area contributed by atoms with E-state index in [0.717, 1.165) is 36.5 Å². The number of anilines is 1. The van der Waals surface area contributed by atoms with Gasteiger partial charge in [-0.2, -0.15) is 0 Å². The number of nitrogens with one attached hydrogen (secondary N) is 1. The summed E-state index contributed by atoms with van der Waals surface area (Å²) in [7, 11) is 0. The molecule has 5 nitrogen and oxygen atoms in total. The van der Waals surface area contributed by atoms with Crippen LogP contribution in [0.5, 0.6) is 0 Å². The Morgan fingerprint density at radius 3 is 2.62 bits per heavy atom. The maximum Gasteiger partial charge on any atom is 0.329 e. The number of hydrogen-bond donors (Lipinski definition) is 1. The molecular weight excluding hydrogens is 309 g/mol. The zero-order valence-corrected chi connectivity index (χ0v) is 13.8. The van der Waals surface area contributed by atoms with Crippen molar-refractivity contribution in [3.05, 3.63) is 35.3 Å². The second-order valence-corrected chi connectivity index (χ2v) is 6.20. The maximum atomic E-state index is 14.4. The Bertz CT molecular complexity index is 681. The molecule has 128 valence electrons. The van der Waals surface area contributed by atoms with Crippen LogP contribution in [-0.2, 0) is 4.79 Å². The Kier molecular flexibility index (Phi) is 4.83. The average Bonchev–Trinajstić information content (AvgIpc) is 2.85. The molecule has 0 saturated carbocycles. The molecule has 6 heteroatoms. The van der Waals surface area contributed by atoms with Crippen molar-refractivity contribution in [2.45, 2.75) is 32.6 Å². The minimum absolute atomic E-state index is 0.123. The van der Waals surface area contributed by atoms with Crippen LogP contribution in [0.1, 0.15) is 38.2 Å². The molecular formula is C18H22FN3O2. The number of urea groups is 1. The van der Waals surface area contributed by atoms with Crippen molar-refractivity contribution in [1.82, 2.24) is 10.2 Å². The second-order valence-electron chi connectivity index (χ2n) is 6.20. The van der Waals surface area contributed by atoms with Crippen LogP contribution in [0.15, 0.2) is 23.9 Å². The highest BCUT2D eigenvalue weighted by Crippen LogP contribution is 2.24. The van der Waals surface area contributed by atoms with Crippen LogP contribution < -0.4 is 10.2 Å². The molecule has 0 aliphatic carbocycles. The molecule has 1 aromatic carbocycles. The van der Waals surface area contributed by atoms with Crippen LogP contribution in [0.25, 0.3) is 6.08 Å². The lowest BCUT2D eigenvalue weighted by Crippen LogP contribution is -2.31. The van der Waals surface area contributed by atoms with E-state index in [9.17, 15) is 14.0 Å². The van der Waals surface area contributed by atoms with Crippen LogP contribution in [0, 0.1) is 5.82 Å². The van der Waals surface area contributed by atoms with Gasteiger partial charge in [0.25, 0.3) is 5.91 Å². The van der Waals surface area contributed by atoms with Gasteiger partial charge in [0.15, 0.2) is 0 Å². The molecule has 2 saturated heterocycles. The number of hydrogen-bond acceptors (Lipinski definition) is 3. The molecule has 2 heterocycles. The molecule has 2 fully saturated rings. The van der Waals surface area contributed by atoms with E-state index in [1.165, 1.54) is 18.6 Å². The summed E-state index contributed by atoms with van der Waals surface area (Å²) in [6, 6.07) is 4.58. The summed E-state index contributed by atoms with van der Waals surface area (Å²) in [6.07, 6.45) is 5.57. The van der Waals surface area contributed by atoms with Crippen LogP contribution in [0.4, 0.5) is 14.9 Å². The molecule has 0 unspecified atom stereocenters. The average molecular weight is 331 g/mol. The lowest BCUT2D eigenvalue weighted by Gasteiger charge is -2.28. The minimum Gasteiger partial charge on any atom is -0.371 e. The number of rotatable bonds is 4. The Labute approximate surface area is 141 Å². The molecule has 3 rings (SSSR count). The van der Waals surface area contributed by atoms with Crippen LogP contribution in [-0.4, -0.2) is 36.5 Å². The lowest BCUT2D eigenvalue weighted by atomic mass is 10.1. The molecule has 0 aromatic heterocycles. The predicted octanol–water partition coefficient (Wildman–Crippen LogP) is 3.12. The van der Waals surface area contributed by atoms with Gasteiger partial charge < -0.3 is 10.2 Å². The number of halogens is 1. The van der Waals surface area contributed by atoms with Crippen LogP contribution in [0.3, 0.4) is 0 Å². The number of amides is 3. The van der Waals surface area contributed by atoms with Gasteiger partial charge in [-0.15, -0.1) is 0 Å². The molecule has 0 spiro atoms. The summed E-state index contributed by atoms with van der Waals surface area (Å²) < 4.78 is 14.4. The smallest absolute Gasteiger partial charge is 0.329 e. The second kappa shape index (κ2) is 7.03. The summed E-state index contributed by atoms with van der Waals surface area (Å²) >= 11 is 0. The Hall–Kier alpha value is -2.37. The van der Waals surface area contributed by atoms with Crippen molar-refractivity contribution in [1.29, 1.82) is 0 Å². The van der Waals surface area contributed by atoms with Crippen LogP contribution in [0.2, 0.25) is 0 Å². The van der Waals surface area contributed by atoms with Gasteiger partial charge in [-0.05, 0) is 50.0 Å². The number of benzene rings is 1. The van der Waals surface area contributed by atoms with E-state index in [2.05, 4.69) is 10.2 Å². The van der Waals surface area contributed by atoms with Crippen molar-refractivity contribution in [3.8, 4) is 0 Å². The third kappa shape index (κ3) is 3.27. The number of carbonyl (C=O) groups excluding carboxylic acids is 2. The fourth-order valence-electron chi connectivity index (χ4n) is 3.14. The van der Waals surface area contributed by atoms with Gasteiger partial charge in [0.1, 0.15) is 11.5 Å². The van der Waals surface area contributed by atoms with Crippen molar-refractivity contribution < 1.29 is 14.0 Å². The van der Waals surface area contributed by atoms with E-state index < -0.39 is 11.9 Å². The van der Waals surface area contributed by atoms with E-state index >= 15 is 0 Å². The SMILES string of the molecule is CCCN1C(=O)N/C(=C/c2ccc(N3CCCCC3)cc2F)C1=O. The molecule has 24 heavy (non-hydrogen) atoms. The quantitative estimate of drug-likeness (QED) is 0.681. The third-order valence-electron chi connectivity index (χ3n) is 4.41. The summed E-state index contributed by atoms with van der Waals surface area (Å²) in [5.41, 5.74) is 1.29. The van der Waals surface area contributed by atoms with E-state index in [0.29, 0.717) is 18.5 Å². The number of carbonyl (C=O) groups is 2. The monoisotopic (exact) mass is 331 g/mol. The normalized spacial score (nSPS) is 20.0. The number of nitrogens with zero attached hydrogens (tertiary/aromatic N) is 2. The van der Waals surface area contributed by atoms with Gasteiger partial charge in [0.2, 0.25) is 0 Å². The largest absolute Gasteiger partial charge is 0.371 e. The Morgan fingerprint density at radius 2 is 1.96 bits per heavy atom. The minimum atomic E-state index is -0.446. The highest BCUT2D eigenvalue weighted by Gasteiger charge is 2.32. The highest BCUT2D eigenvalue weighted by molar-refractivity contribution is 6.13. The first kappa shape index (κ1) is 16.5. The van der Waals surface area contributed by atoms with Gasteiger partial charge in [0.05, 0.1) is 0 Å². The molecule has 0 radical (unpaired) electrons. The lowest BCUT2D eigenvalue weighted by molar-refractivity contribution is -0.122. The number of imide groups is 1. The summed E-state index contributed by atoms with van der Waals surface area (Å²) in [4.78, 5) is 27.3. The molecule has 2 aliphatic heterocycles. The molecule has 1 N–H and O–H groups in total. The first-order valence-electron chi connectivity index (χ1n) is 8.49. The zero-order valence-electron chi connectivity index (χ0n) is 13.8. The summed E-state index contributed by atoms with van der Waals surface area (Å²) in [5.74, 6) is -0.789. The highest BCUT2D eigenvalue weighted by atomic mass is 19.1. The van der Waals surface area contributed by atoms with Gasteiger partial charge in [-0.1, -0.05) is 6.92 Å². The van der Waals surface area contributed by atoms with Gasteiger partial charge in [0, 0.05) is 30.9 Å². The molecule has 3 amide bonds. The first-order chi connectivity index (χ1) is 11.6. The van der Waals surface area contributed by atoms with Gasteiger partial charge in [-0.3, -0.25) is 9.69 Å². The predicted molar refractivity (Wildman–Crippen MR) is 91.0 cm³/mol. The summed E-state index contributed by atoms with van der Waals surface area (Å²) in [6.45, 7) is 4.14. The van der Waals surface area contributed by atoms with Crippen molar-refractivity contribution in [3.63, 3.8) is 0 Å². The van der Waals surface area contributed by atoms with E-state index in [4.69, 9.17) is 0 Å². The molecule has 0 atom stereocenters. The van der Waals surface area contributed by atoms with Crippen LogP contribution >= 0.6 is 0 Å². The van der Waals surface area contributed by atoms with Crippen molar-refractivity contribution in [2.24, 2.45) is 0 Å². The van der Waals surface area contributed by atoms with E-state index in [-0.39, 0.29) is 11.5 Å². The topological polar surface area (TPSA) is 52.7 Å². The Balaban J connectivity index is 1.80. The van der Waals surface area contributed by atoms with Crippen molar-refractivity contribution in [2.75, 3.05) is 24.5 Å². The van der Waals surface area contributed by atoms with Gasteiger partial charge >= 0.3 is 6.03 Å².